The molecule has 1 N–H and O–H groups in total. The van der Waals surface area contributed by atoms with E-state index in [0.29, 0.717) is 12.5 Å². The number of hydrogen-bond acceptors (Lipinski definition) is 3. The second kappa shape index (κ2) is 5.66. The van der Waals surface area contributed by atoms with E-state index in [1.165, 1.54) is 12.8 Å². The first-order valence-corrected chi connectivity index (χ1v) is 5.82. The molecule has 1 aliphatic rings. The van der Waals surface area contributed by atoms with Gasteiger partial charge in [-0.05, 0) is 25.8 Å². The minimum Gasteiger partial charge on any atom is -0.473 e. The normalized spacial score (nSPS) is 15.6. The summed E-state index contributed by atoms with van der Waals surface area (Å²) in [6.45, 7) is 3.40. The van der Waals surface area contributed by atoms with Gasteiger partial charge in [-0.25, -0.2) is 4.98 Å². The molecule has 0 spiro atoms. The Labute approximate surface area is 96.5 Å². The van der Waals surface area contributed by atoms with Crippen LogP contribution in [0.25, 0.3) is 0 Å². The summed E-state index contributed by atoms with van der Waals surface area (Å²) in [7, 11) is 0. The summed E-state index contributed by atoms with van der Waals surface area (Å²) in [6, 6.07) is 6.62. The number of nitrogens with one attached hydrogen (secondary N) is 1. The van der Waals surface area contributed by atoms with Gasteiger partial charge in [-0.15, -0.1) is 0 Å². The molecule has 16 heavy (non-hydrogen) atoms. The minimum absolute atomic E-state index is 0.586. The molecule has 1 heterocycles. The predicted molar refractivity (Wildman–Crippen MR) is 64.4 cm³/mol. The predicted octanol–water partition coefficient (Wildman–Crippen LogP) is 2.29. The molecule has 0 amide bonds. The van der Waals surface area contributed by atoms with Gasteiger partial charge in [0.15, 0.2) is 0 Å². The molecule has 1 fully saturated rings. The number of allylic oxidation sites excluding steroid dienone is 1. The van der Waals surface area contributed by atoms with Crippen molar-refractivity contribution in [3.05, 3.63) is 36.0 Å². The number of nitrogens with zero attached hydrogens (tertiary/aromatic N) is 1. The second-order valence-corrected chi connectivity index (χ2v) is 4.00. The van der Waals surface area contributed by atoms with Gasteiger partial charge >= 0.3 is 0 Å². The lowest BCUT2D eigenvalue weighted by atomic mass is 10.3. The molecular weight excluding hydrogens is 200 g/mol. The molecule has 0 saturated heterocycles. The highest BCUT2D eigenvalue weighted by Crippen LogP contribution is 2.19. The molecule has 0 atom stereocenters. The summed E-state index contributed by atoms with van der Waals surface area (Å²) in [5.41, 5.74) is 1.05. The molecule has 86 valence electrons. The fraction of sp³-hybridized carbons (Fsp3) is 0.462. The standard InChI is InChI=1S/C13H18N2O/c1-2-3-9-16-13-6-4-5-12(15-13)10-14-11-7-8-11/h2-6,11,14H,7-10H2,1H3. The molecule has 0 radical (unpaired) electrons. The van der Waals surface area contributed by atoms with Crippen LogP contribution in [0.3, 0.4) is 0 Å². The van der Waals surface area contributed by atoms with E-state index >= 15 is 0 Å². The lowest BCUT2D eigenvalue weighted by molar-refractivity contribution is 0.346. The van der Waals surface area contributed by atoms with Gasteiger partial charge in [0.1, 0.15) is 6.61 Å². The maximum Gasteiger partial charge on any atom is 0.213 e. The van der Waals surface area contributed by atoms with Crippen molar-refractivity contribution in [3.63, 3.8) is 0 Å². The van der Waals surface area contributed by atoms with Gasteiger partial charge in [0.25, 0.3) is 0 Å². The summed E-state index contributed by atoms with van der Waals surface area (Å²) in [5, 5.41) is 3.44. The number of rotatable bonds is 6. The zero-order valence-corrected chi connectivity index (χ0v) is 9.65. The largest absolute Gasteiger partial charge is 0.473 e. The van der Waals surface area contributed by atoms with Crippen molar-refractivity contribution >= 4 is 0 Å². The maximum atomic E-state index is 5.48. The van der Waals surface area contributed by atoms with E-state index in [1.807, 2.05) is 37.3 Å². The SMILES string of the molecule is CC=CCOc1cccc(CNC2CC2)n1. The van der Waals surface area contributed by atoms with E-state index in [-0.39, 0.29) is 0 Å². The monoisotopic (exact) mass is 218 g/mol. The van der Waals surface area contributed by atoms with E-state index in [2.05, 4.69) is 10.3 Å². The van der Waals surface area contributed by atoms with Crippen LogP contribution < -0.4 is 10.1 Å². The van der Waals surface area contributed by atoms with Crippen LogP contribution in [0.5, 0.6) is 5.88 Å². The topological polar surface area (TPSA) is 34.1 Å². The number of hydrogen-bond donors (Lipinski definition) is 1. The zero-order chi connectivity index (χ0) is 11.2. The molecule has 2 rings (SSSR count). The van der Waals surface area contributed by atoms with Gasteiger partial charge in [-0.3, -0.25) is 0 Å². The summed E-state index contributed by atoms with van der Waals surface area (Å²) >= 11 is 0. The summed E-state index contributed by atoms with van der Waals surface area (Å²) < 4.78 is 5.48. The summed E-state index contributed by atoms with van der Waals surface area (Å²) in [4.78, 5) is 4.43. The van der Waals surface area contributed by atoms with Crippen molar-refractivity contribution < 1.29 is 4.74 Å². The summed E-state index contributed by atoms with van der Waals surface area (Å²) in [6.07, 6.45) is 6.55. The van der Waals surface area contributed by atoms with Crippen LogP contribution in [0.1, 0.15) is 25.5 Å². The van der Waals surface area contributed by atoms with Crippen molar-refractivity contribution in [3.8, 4) is 5.88 Å². The summed E-state index contributed by atoms with van der Waals surface area (Å²) in [5.74, 6) is 0.702. The van der Waals surface area contributed by atoms with Crippen LogP contribution in [0.15, 0.2) is 30.4 Å². The highest BCUT2D eigenvalue weighted by Gasteiger charge is 2.20. The van der Waals surface area contributed by atoms with Crippen molar-refractivity contribution in [2.75, 3.05) is 6.61 Å². The highest BCUT2D eigenvalue weighted by molar-refractivity contribution is 5.16. The fourth-order valence-corrected chi connectivity index (χ4v) is 1.40. The van der Waals surface area contributed by atoms with Crippen LogP contribution in [0, 0.1) is 0 Å². The average Bonchev–Trinajstić information content (AvgIpc) is 3.11. The van der Waals surface area contributed by atoms with E-state index in [1.54, 1.807) is 0 Å². The van der Waals surface area contributed by atoms with E-state index < -0.39 is 0 Å². The third kappa shape index (κ3) is 3.66. The van der Waals surface area contributed by atoms with Gasteiger partial charge in [-0.1, -0.05) is 18.2 Å². The number of aromatic nitrogens is 1. The minimum atomic E-state index is 0.586. The molecule has 0 unspecified atom stereocenters. The third-order valence-corrected chi connectivity index (χ3v) is 2.49. The van der Waals surface area contributed by atoms with Gasteiger partial charge in [0, 0.05) is 18.7 Å². The second-order valence-electron chi connectivity index (χ2n) is 4.00. The first-order valence-electron chi connectivity index (χ1n) is 5.82. The van der Waals surface area contributed by atoms with Crippen LogP contribution in [0.4, 0.5) is 0 Å². The molecule has 1 aliphatic carbocycles. The van der Waals surface area contributed by atoms with Crippen molar-refractivity contribution in [1.29, 1.82) is 0 Å². The van der Waals surface area contributed by atoms with E-state index in [4.69, 9.17) is 4.74 Å². The molecular formula is C13H18N2O. The van der Waals surface area contributed by atoms with Crippen LogP contribution >= 0.6 is 0 Å². The lowest BCUT2D eigenvalue weighted by Crippen LogP contribution is -2.16. The smallest absolute Gasteiger partial charge is 0.213 e. The molecule has 0 aromatic carbocycles. The van der Waals surface area contributed by atoms with Crippen molar-refractivity contribution in [2.24, 2.45) is 0 Å². The highest BCUT2D eigenvalue weighted by atomic mass is 16.5. The molecule has 0 aliphatic heterocycles. The first kappa shape index (κ1) is 11.1. The van der Waals surface area contributed by atoms with E-state index in [9.17, 15) is 0 Å². The third-order valence-electron chi connectivity index (χ3n) is 2.49. The van der Waals surface area contributed by atoms with Gasteiger partial charge < -0.3 is 10.1 Å². The Bertz CT molecular complexity index is 359. The van der Waals surface area contributed by atoms with E-state index in [0.717, 1.165) is 18.3 Å². The molecule has 3 heteroatoms. The van der Waals surface area contributed by atoms with Gasteiger partial charge in [0.05, 0.1) is 5.69 Å². The maximum absolute atomic E-state index is 5.48. The quantitative estimate of drug-likeness (QED) is 0.744. The molecule has 1 aromatic heterocycles. The average molecular weight is 218 g/mol. The molecule has 0 bridgehead atoms. The Morgan fingerprint density at radius 3 is 3.12 bits per heavy atom. The Balaban J connectivity index is 1.84. The molecule has 3 nitrogen and oxygen atoms in total. The zero-order valence-electron chi connectivity index (χ0n) is 9.65. The van der Waals surface area contributed by atoms with Gasteiger partial charge in [0.2, 0.25) is 5.88 Å². The van der Waals surface area contributed by atoms with Crippen LogP contribution in [-0.4, -0.2) is 17.6 Å². The van der Waals surface area contributed by atoms with Crippen molar-refractivity contribution in [2.45, 2.75) is 32.4 Å². The Morgan fingerprint density at radius 2 is 2.38 bits per heavy atom. The van der Waals surface area contributed by atoms with Crippen molar-refractivity contribution in [1.82, 2.24) is 10.3 Å². The molecule has 1 aromatic rings. The Morgan fingerprint density at radius 1 is 1.50 bits per heavy atom. The Kier molecular flexibility index (Phi) is 3.94. The fourth-order valence-electron chi connectivity index (χ4n) is 1.40. The number of ether oxygens (including phenoxy) is 1. The number of pyridine rings is 1. The lowest BCUT2D eigenvalue weighted by Gasteiger charge is -2.05. The van der Waals surface area contributed by atoms with Crippen LogP contribution in [-0.2, 0) is 6.54 Å². The Hall–Kier alpha value is -1.35. The first-order chi connectivity index (χ1) is 7.88. The van der Waals surface area contributed by atoms with Gasteiger partial charge in [-0.2, -0.15) is 0 Å². The van der Waals surface area contributed by atoms with Crippen LogP contribution in [0.2, 0.25) is 0 Å². The molecule has 1 saturated carbocycles.